The van der Waals surface area contributed by atoms with Crippen LogP contribution in [0.25, 0.3) is 0 Å². The van der Waals surface area contributed by atoms with E-state index in [4.69, 9.17) is 9.15 Å². The normalized spacial score (nSPS) is 26.6. The first-order valence-electron chi connectivity index (χ1n) is 6.77. The van der Waals surface area contributed by atoms with Crippen molar-refractivity contribution in [3.8, 4) is 0 Å². The number of nitrogens with zero attached hydrogens (tertiary/aromatic N) is 1. The van der Waals surface area contributed by atoms with Gasteiger partial charge in [0, 0.05) is 13.1 Å². The van der Waals surface area contributed by atoms with E-state index in [9.17, 15) is 8.42 Å². The van der Waals surface area contributed by atoms with Crippen molar-refractivity contribution >= 4 is 10.2 Å². The lowest BCUT2D eigenvalue weighted by atomic mass is 10.3. The third kappa shape index (κ3) is 3.60. The van der Waals surface area contributed by atoms with Crippen LogP contribution in [0.4, 0.5) is 0 Å². The number of aryl methyl sites for hydroxylation is 1. The molecular weight excluding hydrogens is 280 g/mol. The molecule has 7 heteroatoms. The predicted octanol–water partition coefficient (Wildman–Crippen LogP) is 1.59. The Balaban J connectivity index is 2.07. The van der Waals surface area contributed by atoms with Crippen molar-refractivity contribution in [2.45, 2.75) is 45.9 Å². The summed E-state index contributed by atoms with van der Waals surface area (Å²) in [5, 5.41) is 0. The first-order valence-corrected chi connectivity index (χ1v) is 8.21. The monoisotopic (exact) mass is 302 g/mol. The van der Waals surface area contributed by atoms with E-state index < -0.39 is 16.3 Å². The zero-order chi connectivity index (χ0) is 14.9. The summed E-state index contributed by atoms with van der Waals surface area (Å²) in [6.45, 7) is 8.07. The Labute approximate surface area is 120 Å². The maximum absolute atomic E-state index is 12.4. The first kappa shape index (κ1) is 15.5. The minimum atomic E-state index is -3.54. The molecule has 2 heterocycles. The van der Waals surface area contributed by atoms with Crippen molar-refractivity contribution in [2.24, 2.45) is 0 Å². The fraction of sp³-hybridized carbons (Fsp3) is 0.692. The summed E-state index contributed by atoms with van der Waals surface area (Å²) in [5.74, 6) is 1.38. The average Bonchev–Trinajstić information content (AvgIpc) is 2.74. The lowest BCUT2D eigenvalue weighted by Gasteiger charge is -2.34. The van der Waals surface area contributed by atoms with Crippen LogP contribution in [0.2, 0.25) is 0 Å². The van der Waals surface area contributed by atoms with Crippen LogP contribution < -0.4 is 4.72 Å². The molecule has 1 aliphatic rings. The van der Waals surface area contributed by atoms with Gasteiger partial charge in [-0.15, -0.1) is 0 Å². The molecule has 114 valence electrons. The molecule has 1 saturated heterocycles. The lowest BCUT2D eigenvalue weighted by Crippen LogP contribution is -2.52. The molecule has 3 atom stereocenters. The smallest absolute Gasteiger partial charge is 0.280 e. The Morgan fingerprint density at radius 3 is 2.40 bits per heavy atom. The topological polar surface area (TPSA) is 71.8 Å². The Morgan fingerprint density at radius 1 is 1.30 bits per heavy atom. The minimum absolute atomic E-state index is 0.100. The van der Waals surface area contributed by atoms with E-state index in [2.05, 4.69) is 4.72 Å². The van der Waals surface area contributed by atoms with Crippen molar-refractivity contribution in [1.82, 2.24) is 9.03 Å². The van der Waals surface area contributed by atoms with Crippen LogP contribution >= 0.6 is 0 Å². The van der Waals surface area contributed by atoms with Crippen LogP contribution in [-0.2, 0) is 14.9 Å². The highest BCUT2D eigenvalue weighted by Gasteiger charge is 2.32. The molecule has 20 heavy (non-hydrogen) atoms. The van der Waals surface area contributed by atoms with Crippen molar-refractivity contribution in [2.75, 3.05) is 13.1 Å². The standard InChI is InChI=1S/C13H22N2O4S/c1-9-5-6-13(19-9)12(4)14-20(16,17)15-7-10(2)18-11(3)8-15/h5-6,10-12,14H,7-8H2,1-4H3/t10-,11-,12+/m1/s1. The van der Waals surface area contributed by atoms with Gasteiger partial charge in [-0.25, -0.2) is 0 Å². The van der Waals surface area contributed by atoms with Crippen molar-refractivity contribution in [1.29, 1.82) is 0 Å². The molecule has 1 aromatic heterocycles. The van der Waals surface area contributed by atoms with Crippen LogP contribution in [0.15, 0.2) is 16.5 Å². The van der Waals surface area contributed by atoms with Crippen molar-refractivity contribution < 1.29 is 17.6 Å². The summed E-state index contributed by atoms with van der Waals surface area (Å²) in [6, 6.07) is 3.20. The van der Waals surface area contributed by atoms with E-state index in [1.165, 1.54) is 4.31 Å². The van der Waals surface area contributed by atoms with E-state index in [1.807, 2.05) is 26.8 Å². The van der Waals surface area contributed by atoms with Gasteiger partial charge in [0.1, 0.15) is 11.5 Å². The van der Waals surface area contributed by atoms with Gasteiger partial charge < -0.3 is 9.15 Å². The van der Waals surface area contributed by atoms with Gasteiger partial charge in [-0.05, 0) is 39.8 Å². The number of hydrogen-bond donors (Lipinski definition) is 1. The number of furan rings is 1. The van der Waals surface area contributed by atoms with Gasteiger partial charge in [0.2, 0.25) is 0 Å². The van der Waals surface area contributed by atoms with E-state index in [1.54, 1.807) is 13.0 Å². The van der Waals surface area contributed by atoms with Gasteiger partial charge in [-0.3, -0.25) is 0 Å². The molecule has 0 aromatic carbocycles. The number of nitrogens with one attached hydrogen (secondary N) is 1. The van der Waals surface area contributed by atoms with E-state index >= 15 is 0 Å². The molecule has 0 spiro atoms. The van der Waals surface area contributed by atoms with E-state index in [0.717, 1.165) is 5.76 Å². The molecule has 0 saturated carbocycles. The highest BCUT2D eigenvalue weighted by molar-refractivity contribution is 7.87. The summed E-state index contributed by atoms with van der Waals surface area (Å²) in [6.07, 6.45) is -0.201. The fourth-order valence-electron chi connectivity index (χ4n) is 2.37. The van der Waals surface area contributed by atoms with E-state index in [-0.39, 0.29) is 12.2 Å². The second-order valence-electron chi connectivity index (χ2n) is 5.37. The Kier molecular flexibility index (Phi) is 4.53. The largest absolute Gasteiger partial charge is 0.465 e. The number of morpholine rings is 1. The van der Waals surface area contributed by atoms with E-state index in [0.29, 0.717) is 18.8 Å². The molecule has 2 rings (SSSR count). The lowest BCUT2D eigenvalue weighted by molar-refractivity contribution is -0.0444. The highest BCUT2D eigenvalue weighted by Crippen LogP contribution is 2.19. The maximum Gasteiger partial charge on any atom is 0.280 e. The summed E-state index contributed by atoms with van der Waals surface area (Å²) in [5.41, 5.74) is 0. The second-order valence-corrected chi connectivity index (χ2v) is 7.07. The summed E-state index contributed by atoms with van der Waals surface area (Å²) in [7, 11) is -3.54. The van der Waals surface area contributed by atoms with Crippen LogP contribution in [0.3, 0.4) is 0 Å². The van der Waals surface area contributed by atoms with Crippen molar-refractivity contribution in [3.05, 3.63) is 23.7 Å². The molecule has 0 bridgehead atoms. The second kappa shape index (κ2) is 5.85. The quantitative estimate of drug-likeness (QED) is 0.917. The Bertz CT molecular complexity index is 544. The number of hydrogen-bond acceptors (Lipinski definition) is 4. The summed E-state index contributed by atoms with van der Waals surface area (Å²) < 4.78 is 39.8. The third-order valence-electron chi connectivity index (χ3n) is 3.24. The Hall–Kier alpha value is -0.890. The molecule has 0 radical (unpaired) electrons. The van der Waals surface area contributed by atoms with Crippen LogP contribution in [0.1, 0.15) is 38.3 Å². The van der Waals surface area contributed by atoms with Gasteiger partial charge >= 0.3 is 0 Å². The molecule has 6 nitrogen and oxygen atoms in total. The van der Waals surface area contributed by atoms with Gasteiger partial charge in [0.15, 0.2) is 0 Å². The number of ether oxygens (including phenoxy) is 1. The zero-order valence-corrected chi connectivity index (χ0v) is 13.1. The first-order chi connectivity index (χ1) is 9.28. The predicted molar refractivity (Wildman–Crippen MR) is 75.5 cm³/mol. The number of rotatable bonds is 4. The summed E-state index contributed by atoms with van der Waals surface area (Å²) >= 11 is 0. The van der Waals surface area contributed by atoms with Crippen molar-refractivity contribution in [3.63, 3.8) is 0 Å². The molecule has 1 aliphatic heterocycles. The molecule has 0 aliphatic carbocycles. The van der Waals surface area contributed by atoms with Crippen LogP contribution in [0, 0.1) is 6.92 Å². The molecule has 1 aromatic rings. The molecular formula is C13H22N2O4S. The van der Waals surface area contributed by atoms with Crippen LogP contribution in [0.5, 0.6) is 0 Å². The van der Waals surface area contributed by atoms with Gasteiger partial charge in [0.05, 0.1) is 18.2 Å². The maximum atomic E-state index is 12.4. The molecule has 1 N–H and O–H groups in total. The Morgan fingerprint density at radius 2 is 1.90 bits per heavy atom. The molecule has 0 unspecified atom stereocenters. The fourth-order valence-corrected chi connectivity index (χ4v) is 3.89. The zero-order valence-electron chi connectivity index (χ0n) is 12.3. The summed E-state index contributed by atoms with van der Waals surface area (Å²) in [4.78, 5) is 0. The van der Waals surface area contributed by atoms with Gasteiger partial charge in [-0.2, -0.15) is 17.4 Å². The minimum Gasteiger partial charge on any atom is -0.465 e. The van der Waals surface area contributed by atoms with Gasteiger partial charge in [-0.1, -0.05) is 0 Å². The highest BCUT2D eigenvalue weighted by atomic mass is 32.2. The van der Waals surface area contributed by atoms with Gasteiger partial charge in [0.25, 0.3) is 10.2 Å². The molecule has 0 amide bonds. The SMILES string of the molecule is Cc1ccc([C@H](C)NS(=O)(=O)N2C[C@@H](C)O[C@H](C)C2)o1. The van der Waals surface area contributed by atoms with Crippen LogP contribution in [-0.4, -0.2) is 38.0 Å². The average molecular weight is 302 g/mol. The molecule has 1 fully saturated rings. The third-order valence-corrected chi connectivity index (χ3v) is 4.87.